The highest BCUT2D eigenvalue weighted by molar-refractivity contribution is 7.11. The lowest BCUT2D eigenvalue weighted by Crippen LogP contribution is -2.24. The number of amides is 1. The van der Waals surface area contributed by atoms with Gasteiger partial charge in [-0.05, 0) is 13.3 Å². The molecular weight excluding hydrogens is 268 g/mol. The van der Waals surface area contributed by atoms with E-state index in [4.69, 9.17) is 0 Å². The van der Waals surface area contributed by atoms with Gasteiger partial charge in [-0.1, -0.05) is 18.3 Å². The fraction of sp³-hybridized carbons (Fsp3) is 0.455. The first-order valence-electron chi connectivity index (χ1n) is 5.66. The summed E-state index contributed by atoms with van der Waals surface area (Å²) in [5, 5.41) is 15.6. The molecule has 1 amide bonds. The molecule has 0 saturated carbocycles. The molecule has 0 spiro atoms. The number of rotatable bonds is 5. The molecule has 2 heterocycles. The number of carbonyl (C=O) groups excluding carboxylic acids is 1. The predicted octanol–water partition coefficient (Wildman–Crippen LogP) is 1.72. The Morgan fingerprint density at radius 3 is 2.78 bits per heavy atom. The standard InChI is InChI=1S/C11H14N4OS2/c1-3-10-14-15-11(18-10)5-12-9(16)4-8-6-17-7(2)13-8/h6H,3-5H2,1-2H3,(H,12,16). The largest absolute Gasteiger partial charge is 0.349 e. The summed E-state index contributed by atoms with van der Waals surface area (Å²) in [6, 6.07) is 0. The molecule has 0 aliphatic carbocycles. The summed E-state index contributed by atoms with van der Waals surface area (Å²) in [6.45, 7) is 4.41. The van der Waals surface area contributed by atoms with Crippen molar-refractivity contribution < 1.29 is 4.79 Å². The maximum absolute atomic E-state index is 11.7. The highest BCUT2D eigenvalue weighted by Gasteiger charge is 2.08. The molecule has 2 aromatic rings. The SMILES string of the molecule is CCc1nnc(CNC(=O)Cc2csc(C)n2)s1. The van der Waals surface area contributed by atoms with Crippen molar-refractivity contribution in [3.8, 4) is 0 Å². The smallest absolute Gasteiger partial charge is 0.226 e. The van der Waals surface area contributed by atoms with Gasteiger partial charge in [-0.3, -0.25) is 4.79 Å². The number of carbonyl (C=O) groups is 1. The van der Waals surface area contributed by atoms with Crippen molar-refractivity contribution in [2.24, 2.45) is 0 Å². The second-order valence-electron chi connectivity index (χ2n) is 3.75. The summed E-state index contributed by atoms with van der Waals surface area (Å²) in [5.41, 5.74) is 0.821. The highest BCUT2D eigenvalue weighted by Crippen LogP contribution is 2.10. The average molecular weight is 282 g/mol. The van der Waals surface area contributed by atoms with Crippen molar-refractivity contribution in [2.45, 2.75) is 33.2 Å². The van der Waals surface area contributed by atoms with E-state index >= 15 is 0 Å². The normalized spacial score (nSPS) is 10.6. The van der Waals surface area contributed by atoms with Crippen LogP contribution >= 0.6 is 22.7 Å². The Kier molecular flexibility index (Phi) is 4.38. The van der Waals surface area contributed by atoms with Crippen molar-refractivity contribution in [1.82, 2.24) is 20.5 Å². The molecule has 0 unspecified atom stereocenters. The maximum atomic E-state index is 11.7. The number of nitrogens with one attached hydrogen (secondary N) is 1. The Morgan fingerprint density at radius 1 is 1.39 bits per heavy atom. The van der Waals surface area contributed by atoms with Crippen LogP contribution in [0.25, 0.3) is 0 Å². The highest BCUT2D eigenvalue weighted by atomic mass is 32.1. The zero-order valence-electron chi connectivity index (χ0n) is 10.3. The lowest BCUT2D eigenvalue weighted by Gasteiger charge is -2.00. The molecule has 7 heteroatoms. The second-order valence-corrected chi connectivity index (χ2v) is 5.96. The lowest BCUT2D eigenvalue weighted by atomic mass is 10.3. The van der Waals surface area contributed by atoms with Gasteiger partial charge in [0.05, 0.1) is 23.7 Å². The van der Waals surface area contributed by atoms with Gasteiger partial charge >= 0.3 is 0 Å². The molecule has 2 aromatic heterocycles. The van der Waals surface area contributed by atoms with Crippen LogP contribution in [0.5, 0.6) is 0 Å². The van der Waals surface area contributed by atoms with Crippen molar-refractivity contribution >= 4 is 28.6 Å². The van der Waals surface area contributed by atoms with Crippen molar-refractivity contribution in [1.29, 1.82) is 0 Å². The van der Waals surface area contributed by atoms with Crippen LogP contribution < -0.4 is 5.32 Å². The van der Waals surface area contributed by atoms with Crippen molar-refractivity contribution in [3.63, 3.8) is 0 Å². The maximum Gasteiger partial charge on any atom is 0.226 e. The van der Waals surface area contributed by atoms with Gasteiger partial charge < -0.3 is 5.32 Å². The Bertz CT molecular complexity index is 535. The fourth-order valence-electron chi connectivity index (χ4n) is 1.39. The second kappa shape index (κ2) is 6.01. The Morgan fingerprint density at radius 2 is 2.17 bits per heavy atom. The van der Waals surface area contributed by atoms with Gasteiger partial charge in [-0.15, -0.1) is 21.5 Å². The van der Waals surface area contributed by atoms with E-state index in [1.807, 2.05) is 19.2 Å². The van der Waals surface area contributed by atoms with E-state index in [9.17, 15) is 4.79 Å². The number of hydrogen-bond donors (Lipinski definition) is 1. The van der Waals surface area contributed by atoms with E-state index in [0.29, 0.717) is 13.0 Å². The fourth-order valence-corrected chi connectivity index (χ4v) is 2.73. The summed E-state index contributed by atoms with van der Waals surface area (Å²) in [5.74, 6) is -0.0338. The molecule has 0 aromatic carbocycles. The number of thiazole rings is 1. The van der Waals surface area contributed by atoms with E-state index in [0.717, 1.165) is 27.1 Å². The Balaban J connectivity index is 1.81. The number of aromatic nitrogens is 3. The van der Waals surface area contributed by atoms with E-state index in [-0.39, 0.29) is 5.91 Å². The topological polar surface area (TPSA) is 67.8 Å². The molecule has 0 radical (unpaired) electrons. The number of nitrogens with zero attached hydrogens (tertiary/aromatic N) is 3. The summed E-state index contributed by atoms with van der Waals surface area (Å²) in [6.07, 6.45) is 1.20. The molecule has 2 rings (SSSR count). The molecule has 1 N–H and O–H groups in total. The third kappa shape index (κ3) is 3.58. The summed E-state index contributed by atoms with van der Waals surface area (Å²) in [4.78, 5) is 15.9. The molecule has 18 heavy (non-hydrogen) atoms. The van der Waals surface area contributed by atoms with Crippen LogP contribution in [0.15, 0.2) is 5.38 Å². The van der Waals surface area contributed by atoms with Crippen LogP contribution in [-0.2, 0) is 24.2 Å². The van der Waals surface area contributed by atoms with Gasteiger partial charge in [0.1, 0.15) is 10.0 Å². The van der Waals surface area contributed by atoms with E-state index in [1.165, 1.54) is 11.3 Å². The lowest BCUT2D eigenvalue weighted by molar-refractivity contribution is -0.120. The van der Waals surface area contributed by atoms with Crippen LogP contribution in [0.4, 0.5) is 0 Å². The molecule has 0 fully saturated rings. The quantitative estimate of drug-likeness (QED) is 0.906. The van der Waals surface area contributed by atoms with Crippen molar-refractivity contribution in [2.75, 3.05) is 0 Å². The van der Waals surface area contributed by atoms with Crippen molar-refractivity contribution in [3.05, 3.63) is 26.1 Å². The van der Waals surface area contributed by atoms with Gasteiger partial charge in [0, 0.05) is 5.38 Å². The van der Waals surface area contributed by atoms with Crippen LogP contribution in [0.2, 0.25) is 0 Å². The van der Waals surface area contributed by atoms with E-state index in [2.05, 4.69) is 20.5 Å². The van der Waals surface area contributed by atoms with Crippen LogP contribution in [0, 0.1) is 6.92 Å². The minimum absolute atomic E-state index is 0.0338. The number of hydrogen-bond acceptors (Lipinski definition) is 6. The molecule has 5 nitrogen and oxygen atoms in total. The first kappa shape index (κ1) is 13.1. The van der Waals surface area contributed by atoms with Crippen LogP contribution in [0.1, 0.15) is 27.6 Å². The van der Waals surface area contributed by atoms with E-state index in [1.54, 1.807) is 11.3 Å². The molecule has 0 aliphatic rings. The minimum Gasteiger partial charge on any atom is -0.349 e. The van der Waals surface area contributed by atoms with E-state index < -0.39 is 0 Å². The molecule has 0 aliphatic heterocycles. The summed E-state index contributed by atoms with van der Waals surface area (Å²) < 4.78 is 0. The van der Waals surface area contributed by atoms with Crippen LogP contribution in [0.3, 0.4) is 0 Å². The predicted molar refractivity (Wildman–Crippen MR) is 71.7 cm³/mol. The zero-order valence-corrected chi connectivity index (χ0v) is 11.9. The summed E-state index contributed by atoms with van der Waals surface area (Å²) >= 11 is 3.09. The third-order valence-electron chi connectivity index (χ3n) is 2.26. The molecule has 0 atom stereocenters. The molecular formula is C11H14N4OS2. The first-order chi connectivity index (χ1) is 8.67. The Labute approximate surface area is 113 Å². The summed E-state index contributed by atoms with van der Waals surface area (Å²) in [7, 11) is 0. The van der Waals surface area contributed by atoms with Gasteiger partial charge in [-0.25, -0.2) is 4.98 Å². The Hall–Kier alpha value is -1.34. The molecule has 96 valence electrons. The zero-order chi connectivity index (χ0) is 13.0. The van der Waals surface area contributed by atoms with Gasteiger partial charge in [0.15, 0.2) is 0 Å². The minimum atomic E-state index is -0.0338. The average Bonchev–Trinajstić information content (AvgIpc) is 2.95. The third-order valence-corrected chi connectivity index (χ3v) is 4.15. The molecule has 0 bridgehead atoms. The molecule has 0 saturated heterocycles. The monoisotopic (exact) mass is 282 g/mol. The van der Waals surface area contributed by atoms with Crippen LogP contribution in [-0.4, -0.2) is 21.1 Å². The van der Waals surface area contributed by atoms with Gasteiger partial charge in [-0.2, -0.15) is 0 Å². The first-order valence-corrected chi connectivity index (χ1v) is 7.36. The van der Waals surface area contributed by atoms with Gasteiger partial charge in [0.25, 0.3) is 0 Å². The van der Waals surface area contributed by atoms with Gasteiger partial charge in [0.2, 0.25) is 5.91 Å². The number of aryl methyl sites for hydroxylation is 2.